The molecule has 1 aliphatic heterocycles. The molecule has 0 aliphatic carbocycles. The summed E-state index contributed by atoms with van der Waals surface area (Å²) in [6.07, 6.45) is -8.60. The van der Waals surface area contributed by atoms with Gasteiger partial charge in [0.2, 0.25) is 0 Å². The summed E-state index contributed by atoms with van der Waals surface area (Å²) in [5.41, 5.74) is 0. The molecule has 1 saturated heterocycles. The number of rotatable bonds is 0. The molecule has 7 unspecified atom stereocenters. The Bertz CT molecular complexity index is 928. The van der Waals surface area contributed by atoms with Crippen LogP contribution in [0.4, 0.5) is 0 Å². The van der Waals surface area contributed by atoms with E-state index in [1.165, 1.54) is 41.5 Å². The zero-order valence-corrected chi connectivity index (χ0v) is 23.1. The molecule has 0 bridgehead atoms. The number of hydrogen-bond acceptors (Lipinski definition) is 14. The first kappa shape index (κ1) is 33.5. The minimum Gasteiger partial charge on any atom is -0.452 e. The van der Waals surface area contributed by atoms with Crippen molar-refractivity contribution in [1.82, 2.24) is 0 Å². The van der Waals surface area contributed by atoms with Crippen molar-refractivity contribution in [2.75, 3.05) is 6.61 Å². The molecule has 0 spiro atoms. The Hall–Kier alpha value is -3.55. The molecule has 220 valence electrons. The van der Waals surface area contributed by atoms with Gasteiger partial charge in [0.15, 0.2) is 48.5 Å². The molecule has 1 fully saturated rings. The molecule has 1 aliphatic rings. The van der Waals surface area contributed by atoms with Crippen molar-refractivity contribution in [1.29, 1.82) is 0 Å². The molecule has 0 saturated carbocycles. The molecule has 14 nitrogen and oxygen atoms in total. The second kappa shape index (κ2) is 15.8. The topological polar surface area (TPSA) is 184 Å². The van der Waals surface area contributed by atoms with Crippen molar-refractivity contribution in [2.45, 2.75) is 110 Å². The monoisotopic (exact) mass is 560 g/mol. The van der Waals surface area contributed by atoms with Crippen LogP contribution in [0.3, 0.4) is 0 Å². The maximum absolute atomic E-state index is 12.3. The van der Waals surface area contributed by atoms with Crippen LogP contribution in [0.5, 0.6) is 0 Å². The van der Waals surface area contributed by atoms with Gasteiger partial charge in [-0.25, -0.2) is 28.8 Å². The lowest BCUT2D eigenvalue weighted by Crippen LogP contribution is -2.39. The summed E-state index contributed by atoms with van der Waals surface area (Å²) >= 11 is 0. The lowest BCUT2D eigenvalue weighted by atomic mass is 10.1. The van der Waals surface area contributed by atoms with Gasteiger partial charge in [-0.15, -0.1) is 0 Å². The third-order valence-electron chi connectivity index (χ3n) is 5.39. The summed E-state index contributed by atoms with van der Waals surface area (Å²) in [6, 6.07) is 0. The number of ether oxygens (including phenoxy) is 7. The molecule has 0 amide bonds. The van der Waals surface area contributed by atoms with Crippen LogP contribution in [-0.2, 0) is 66.7 Å². The van der Waals surface area contributed by atoms with E-state index in [0.29, 0.717) is 12.8 Å². The van der Waals surface area contributed by atoms with Crippen molar-refractivity contribution in [2.24, 2.45) is 0 Å². The molecule has 1 rings (SSSR count). The van der Waals surface area contributed by atoms with E-state index in [0.717, 1.165) is 6.92 Å². The molecule has 1 heterocycles. The van der Waals surface area contributed by atoms with E-state index in [1.807, 2.05) is 0 Å². The van der Waals surface area contributed by atoms with Crippen LogP contribution in [0.1, 0.15) is 67.7 Å². The Morgan fingerprint density at radius 1 is 0.410 bits per heavy atom. The number of ketones is 1. The lowest BCUT2D eigenvalue weighted by Gasteiger charge is -2.21. The summed E-state index contributed by atoms with van der Waals surface area (Å²) in [6.45, 7) is 8.84. The minimum absolute atomic E-state index is 0.0534. The fourth-order valence-electron chi connectivity index (χ4n) is 2.86. The molecule has 39 heavy (non-hydrogen) atoms. The minimum atomic E-state index is -1.51. The fraction of sp³-hybridized carbons (Fsp3) is 0.720. The van der Waals surface area contributed by atoms with Gasteiger partial charge in [-0.2, -0.15) is 0 Å². The second-order valence-electron chi connectivity index (χ2n) is 8.91. The Kier molecular flexibility index (Phi) is 13.5. The highest BCUT2D eigenvalue weighted by atomic mass is 16.7. The van der Waals surface area contributed by atoms with Gasteiger partial charge in [0.25, 0.3) is 0 Å². The maximum atomic E-state index is 12.3. The van der Waals surface area contributed by atoms with Crippen LogP contribution >= 0.6 is 0 Å². The highest BCUT2D eigenvalue weighted by molar-refractivity contribution is 5.88. The molecule has 0 N–H and O–H groups in total. The number of cyclic esters (lactones) is 6. The van der Waals surface area contributed by atoms with Gasteiger partial charge >= 0.3 is 35.8 Å². The highest BCUT2D eigenvalue weighted by Gasteiger charge is 2.32. The first-order chi connectivity index (χ1) is 18.1. The van der Waals surface area contributed by atoms with Crippen LogP contribution in [-0.4, -0.2) is 90.9 Å². The number of carbonyl (C=O) groups excluding carboxylic acids is 7. The van der Waals surface area contributed by atoms with E-state index in [2.05, 4.69) is 0 Å². The first-order valence-electron chi connectivity index (χ1n) is 12.5. The largest absolute Gasteiger partial charge is 0.452 e. The van der Waals surface area contributed by atoms with Crippen molar-refractivity contribution in [3.8, 4) is 0 Å². The molecule has 0 aromatic rings. The average Bonchev–Trinajstić information content (AvgIpc) is 2.86. The predicted octanol–water partition coefficient (Wildman–Crippen LogP) is 0.735. The van der Waals surface area contributed by atoms with Crippen molar-refractivity contribution in [3.63, 3.8) is 0 Å². The number of carbonyl (C=O) groups is 7. The maximum Gasteiger partial charge on any atom is 0.347 e. The normalized spacial score (nSPS) is 32.3. The molecule has 0 aromatic carbocycles. The first-order valence-corrected chi connectivity index (χ1v) is 12.5. The average molecular weight is 561 g/mol. The number of Topliss-reactive ketones (excluding diaryl/α,β-unsaturated/α-hetero) is 1. The third kappa shape index (κ3) is 11.4. The van der Waals surface area contributed by atoms with Crippen LogP contribution < -0.4 is 0 Å². The molecule has 0 aromatic heterocycles. The molecular weight excluding hydrogens is 524 g/mol. The Balaban J connectivity index is 2.96. The van der Waals surface area contributed by atoms with E-state index >= 15 is 0 Å². The standard InChI is InChI=1S/C25H36O14/c1-12-19(26)10-8-9-11-33-13(2)20(27)35-15(4)22(29)37-17(6)24(31)39-18(7)25(32)38-16(5)23(30)36-14(3)21(28)34-12/h12-18H,8-11H2,1-7H3. The van der Waals surface area contributed by atoms with E-state index in [-0.39, 0.29) is 18.8 Å². The Labute approximate surface area is 225 Å². The second-order valence-corrected chi connectivity index (χ2v) is 8.91. The van der Waals surface area contributed by atoms with Crippen molar-refractivity contribution < 1.29 is 66.7 Å². The highest BCUT2D eigenvalue weighted by Crippen LogP contribution is 2.11. The van der Waals surface area contributed by atoms with Crippen LogP contribution in [0.15, 0.2) is 0 Å². The zero-order valence-electron chi connectivity index (χ0n) is 23.1. The van der Waals surface area contributed by atoms with Gasteiger partial charge in [-0.05, 0) is 61.3 Å². The van der Waals surface area contributed by atoms with Gasteiger partial charge in [0, 0.05) is 13.0 Å². The fourth-order valence-corrected chi connectivity index (χ4v) is 2.86. The van der Waals surface area contributed by atoms with Crippen LogP contribution in [0.2, 0.25) is 0 Å². The van der Waals surface area contributed by atoms with Gasteiger partial charge < -0.3 is 33.2 Å². The van der Waals surface area contributed by atoms with Gasteiger partial charge in [0.1, 0.15) is 0 Å². The third-order valence-corrected chi connectivity index (χ3v) is 5.39. The molecule has 0 radical (unpaired) electrons. The van der Waals surface area contributed by atoms with Gasteiger partial charge in [0.05, 0.1) is 0 Å². The predicted molar refractivity (Wildman–Crippen MR) is 128 cm³/mol. The summed E-state index contributed by atoms with van der Waals surface area (Å²) in [7, 11) is 0. The molecule has 7 atom stereocenters. The lowest BCUT2D eigenvalue weighted by molar-refractivity contribution is -0.187. The number of hydrogen-bond donors (Lipinski definition) is 0. The number of esters is 6. The Morgan fingerprint density at radius 3 is 1.03 bits per heavy atom. The Morgan fingerprint density at radius 2 is 0.692 bits per heavy atom. The smallest absolute Gasteiger partial charge is 0.347 e. The van der Waals surface area contributed by atoms with E-state index in [1.54, 1.807) is 0 Å². The van der Waals surface area contributed by atoms with E-state index in [4.69, 9.17) is 33.2 Å². The summed E-state index contributed by atoms with van der Waals surface area (Å²) in [5.74, 6) is -6.58. The zero-order chi connectivity index (χ0) is 29.9. The van der Waals surface area contributed by atoms with Gasteiger partial charge in [-0.1, -0.05) is 0 Å². The van der Waals surface area contributed by atoms with Crippen LogP contribution in [0, 0.1) is 0 Å². The molecule has 14 heteroatoms. The van der Waals surface area contributed by atoms with Crippen molar-refractivity contribution in [3.05, 3.63) is 0 Å². The summed E-state index contributed by atoms with van der Waals surface area (Å²) in [4.78, 5) is 85.7. The van der Waals surface area contributed by atoms with E-state index < -0.39 is 78.5 Å². The molecular formula is C25H36O14. The summed E-state index contributed by atoms with van der Waals surface area (Å²) < 4.78 is 35.1. The van der Waals surface area contributed by atoms with Crippen LogP contribution in [0.25, 0.3) is 0 Å². The summed E-state index contributed by atoms with van der Waals surface area (Å²) in [5, 5.41) is 0. The SMILES string of the molecule is CC1OC(=O)C(C)OC(=O)C(C)OC(=O)C(C)OC(=O)C(C)OC(=O)C(C)OC(=O)C(C)OCCCCC1=O. The van der Waals surface area contributed by atoms with Crippen molar-refractivity contribution >= 4 is 41.6 Å². The van der Waals surface area contributed by atoms with Gasteiger partial charge in [-0.3, -0.25) is 4.79 Å². The van der Waals surface area contributed by atoms with E-state index in [9.17, 15) is 33.6 Å². The quantitative estimate of drug-likeness (QED) is 0.298.